The molecule has 6 rings (SSSR count). The van der Waals surface area contributed by atoms with E-state index in [-0.39, 0.29) is 17.8 Å². The Hall–Kier alpha value is -3.58. The molecule has 0 amide bonds. The number of halogens is 2. The van der Waals surface area contributed by atoms with Crippen LogP contribution in [0.15, 0.2) is 78.9 Å². The molecule has 0 aliphatic carbocycles. The fourth-order valence-electron chi connectivity index (χ4n) is 5.52. The van der Waals surface area contributed by atoms with Crippen LogP contribution >= 0.6 is 0 Å². The molecule has 3 saturated heterocycles. The summed E-state index contributed by atoms with van der Waals surface area (Å²) in [4.78, 5) is 26.4. The van der Waals surface area contributed by atoms with Crippen molar-refractivity contribution in [1.82, 2.24) is 0 Å². The van der Waals surface area contributed by atoms with Crippen molar-refractivity contribution in [3.8, 4) is 0 Å². The minimum absolute atomic E-state index is 0.0893. The Morgan fingerprint density at radius 1 is 0.917 bits per heavy atom. The number of hydrogen-bond acceptors (Lipinski definition) is 4. The zero-order chi connectivity index (χ0) is 25.1. The van der Waals surface area contributed by atoms with Crippen LogP contribution in [0.3, 0.4) is 0 Å². The van der Waals surface area contributed by atoms with Crippen molar-refractivity contribution in [2.45, 2.75) is 25.0 Å². The van der Waals surface area contributed by atoms with Crippen molar-refractivity contribution in [2.75, 3.05) is 31.5 Å². The predicted molar refractivity (Wildman–Crippen MR) is 132 cm³/mol. The van der Waals surface area contributed by atoms with Gasteiger partial charge in [-0.2, -0.15) is 0 Å². The SMILES string of the molecule is O=C(C[N+]12CCC(CC1)C(OC(=O)C(Nc1cccc(F)c1)c1cccc(F)c1)C2)c1ccccc1. The van der Waals surface area contributed by atoms with E-state index in [1.807, 2.05) is 30.3 Å². The van der Waals surface area contributed by atoms with Crippen LogP contribution in [0.25, 0.3) is 0 Å². The number of benzene rings is 3. The number of rotatable bonds is 8. The van der Waals surface area contributed by atoms with Gasteiger partial charge in [-0.1, -0.05) is 48.5 Å². The van der Waals surface area contributed by atoms with Crippen LogP contribution in [0.1, 0.15) is 34.8 Å². The molecule has 3 aromatic carbocycles. The topological polar surface area (TPSA) is 55.4 Å². The number of quaternary nitrogens is 1. The second-order valence-corrected chi connectivity index (χ2v) is 9.87. The maximum absolute atomic E-state index is 14.0. The van der Waals surface area contributed by atoms with E-state index in [2.05, 4.69) is 5.32 Å². The molecular formula is C29H29F2N2O3+. The summed E-state index contributed by atoms with van der Waals surface area (Å²) >= 11 is 0. The number of Topliss-reactive ketones (excluding diaryl/α,β-unsaturated/α-hetero) is 1. The predicted octanol–water partition coefficient (Wildman–Crippen LogP) is 5.15. The molecule has 36 heavy (non-hydrogen) atoms. The molecule has 186 valence electrons. The van der Waals surface area contributed by atoms with Gasteiger partial charge in [0, 0.05) is 30.0 Å². The molecule has 0 radical (unpaired) electrons. The van der Waals surface area contributed by atoms with Crippen molar-refractivity contribution in [2.24, 2.45) is 5.92 Å². The van der Waals surface area contributed by atoms with Gasteiger partial charge in [-0.15, -0.1) is 0 Å². The van der Waals surface area contributed by atoms with Gasteiger partial charge >= 0.3 is 5.97 Å². The van der Waals surface area contributed by atoms with Crippen molar-refractivity contribution < 1.29 is 27.6 Å². The maximum atomic E-state index is 14.0. The third-order valence-corrected chi connectivity index (χ3v) is 7.44. The molecular weight excluding hydrogens is 462 g/mol. The largest absolute Gasteiger partial charge is 0.454 e. The summed E-state index contributed by atoms with van der Waals surface area (Å²) in [5.41, 5.74) is 1.48. The van der Waals surface area contributed by atoms with Crippen molar-refractivity contribution >= 4 is 17.4 Å². The Balaban J connectivity index is 1.33. The van der Waals surface area contributed by atoms with Gasteiger partial charge in [0.1, 0.15) is 24.7 Å². The van der Waals surface area contributed by atoms with Crippen LogP contribution in [0.4, 0.5) is 14.5 Å². The smallest absolute Gasteiger partial charge is 0.333 e. The van der Waals surface area contributed by atoms with E-state index in [1.165, 1.54) is 36.4 Å². The molecule has 3 aliphatic heterocycles. The van der Waals surface area contributed by atoms with Gasteiger partial charge in [-0.25, -0.2) is 13.6 Å². The monoisotopic (exact) mass is 491 g/mol. The molecule has 3 fully saturated rings. The highest BCUT2D eigenvalue weighted by molar-refractivity contribution is 5.97. The summed E-state index contributed by atoms with van der Waals surface area (Å²) in [7, 11) is 0. The van der Waals surface area contributed by atoms with E-state index in [1.54, 1.807) is 12.1 Å². The number of piperidine rings is 3. The Morgan fingerprint density at radius 3 is 2.31 bits per heavy atom. The number of ketones is 1. The summed E-state index contributed by atoms with van der Waals surface area (Å²) < 4.78 is 34.4. The number of carbonyl (C=O) groups excluding carboxylic acids is 2. The summed E-state index contributed by atoms with van der Waals surface area (Å²) in [5, 5.41) is 3.02. The lowest BCUT2D eigenvalue weighted by Crippen LogP contribution is -2.65. The van der Waals surface area contributed by atoms with Gasteiger partial charge in [0.2, 0.25) is 5.78 Å². The Bertz CT molecular complexity index is 1240. The van der Waals surface area contributed by atoms with E-state index in [4.69, 9.17) is 4.74 Å². The third kappa shape index (κ3) is 5.31. The van der Waals surface area contributed by atoms with Gasteiger partial charge in [-0.3, -0.25) is 4.79 Å². The van der Waals surface area contributed by atoms with Crippen molar-refractivity contribution in [3.05, 3.63) is 102 Å². The first-order valence-corrected chi connectivity index (χ1v) is 12.3. The average molecular weight is 492 g/mol. The van der Waals surface area contributed by atoms with Gasteiger partial charge in [0.15, 0.2) is 12.1 Å². The first kappa shape index (κ1) is 24.1. The highest BCUT2D eigenvalue weighted by Crippen LogP contribution is 2.37. The lowest BCUT2D eigenvalue weighted by Gasteiger charge is -2.51. The number of esters is 1. The zero-order valence-corrected chi connectivity index (χ0v) is 19.9. The second kappa shape index (κ2) is 10.2. The van der Waals surface area contributed by atoms with Crippen LogP contribution in [0.5, 0.6) is 0 Å². The molecule has 7 heteroatoms. The summed E-state index contributed by atoms with van der Waals surface area (Å²) in [5.74, 6) is -1.15. The third-order valence-electron chi connectivity index (χ3n) is 7.44. The number of carbonyl (C=O) groups is 2. The van der Waals surface area contributed by atoms with E-state index in [0.29, 0.717) is 34.4 Å². The van der Waals surface area contributed by atoms with Crippen molar-refractivity contribution in [3.63, 3.8) is 0 Å². The highest BCUT2D eigenvalue weighted by Gasteiger charge is 2.49. The van der Waals surface area contributed by atoms with Crippen LogP contribution in [-0.4, -0.2) is 48.5 Å². The zero-order valence-electron chi connectivity index (χ0n) is 19.9. The molecule has 0 spiro atoms. The molecule has 1 N–H and O–H groups in total. The minimum atomic E-state index is -1.00. The molecule has 3 aromatic rings. The summed E-state index contributed by atoms with van der Waals surface area (Å²) in [6.45, 7) is 2.71. The molecule has 0 aromatic heterocycles. The standard InChI is InChI=1S/C29H29F2N2O3/c30-23-9-4-8-22(16-23)28(32-25-11-5-10-24(31)17-25)29(35)36-27-19-33(14-12-21(27)13-15-33)18-26(34)20-6-2-1-3-7-20/h1-11,16-17,21,27-28,32H,12-15,18-19H2/q+1. The number of fused-ring (bicyclic) bond motifs is 3. The number of ether oxygens (including phenoxy) is 1. The highest BCUT2D eigenvalue weighted by atomic mass is 19.1. The number of nitrogens with one attached hydrogen (secondary N) is 1. The normalized spacial score (nSPS) is 23.6. The Kier molecular flexibility index (Phi) is 6.83. The minimum Gasteiger partial charge on any atom is -0.454 e. The lowest BCUT2D eigenvalue weighted by molar-refractivity contribution is -0.938. The van der Waals surface area contributed by atoms with Gasteiger partial charge < -0.3 is 14.5 Å². The fraction of sp³-hybridized carbons (Fsp3) is 0.310. The number of hydrogen-bond donors (Lipinski definition) is 1. The molecule has 3 aliphatic rings. The van der Waals surface area contributed by atoms with Crippen LogP contribution < -0.4 is 5.32 Å². The number of anilines is 1. The molecule has 2 unspecified atom stereocenters. The lowest BCUT2D eigenvalue weighted by atomic mass is 9.82. The van der Waals surface area contributed by atoms with Crippen molar-refractivity contribution in [1.29, 1.82) is 0 Å². The summed E-state index contributed by atoms with van der Waals surface area (Å²) in [6, 6.07) is 19.8. The van der Waals surface area contributed by atoms with E-state index < -0.39 is 23.6 Å². The molecule has 2 bridgehead atoms. The Morgan fingerprint density at radius 2 is 1.61 bits per heavy atom. The second-order valence-electron chi connectivity index (χ2n) is 9.87. The first-order chi connectivity index (χ1) is 17.4. The van der Waals surface area contributed by atoms with Gasteiger partial charge in [0.05, 0.1) is 13.1 Å². The van der Waals surface area contributed by atoms with Gasteiger partial charge in [0.25, 0.3) is 0 Å². The van der Waals surface area contributed by atoms with Gasteiger partial charge in [-0.05, 0) is 35.9 Å². The number of nitrogens with zero attached hydrogens (tertiary/aromatic N) is 1. The summed E-state index contributed by atoms with van der Waals surface area (Å²) in [6.07, 6.45) is 1.41. The molecule has 0 saturated carbocycles. The van der Waals surface area contributed by atoms with E-state index >= 15 is 0 Å². The quantitative estimate of drug-likeness (QED) is 0.269. The van der Waals surface area contributed by atoms with E-state index in [9.17, 15) is 18.4 Å². The fourth-order valence-corrected chi connectivity index (χ4v) is 5.52. The van der Waals surface area contributed by atoms with Crippen LogP contribution in [0, 0.1) is 17.6 Å². The maximum Gasteiger partial charge on any atom is 0.333 e. The first-order valence-electron chi connectivity index (χ1n) is 12.3. The molecule has 2 atom stereocenters. The van der Waals surface area contributed by atoms with Crippen LogP contribution in [0.2, 0.25) is 0 Å². The van der Waals surface area contributed by atoms with Crippen LogP contribution in [-0.2, 0) is 9.53 Å². The van der Waals surface area contributed by atoms with E-state index in [0.717, 1.165) is 25.9 Å². The molecule has 3 heterocycles. The average Bonchev–Trinajstić information content (AvgIpc) is 2.88. The Labute approximate surface area is 209 Å². The molecule has 5 nitrogen and oxygen atoms in total.